The van der Waals surface area contributed by atoms with Crippen LogP contribution in [0.4, 0.5) is 18.9 Å². The average Bonchev–Trinajstić information content (AvgIpc) is 2.81. The fourth-order valence-electron chi connectivity index (χ4n) is 4.79. The second kappa shape index (κ2) is 10.8. The van der Waals surface area contributed by atoms with Gasteiger partial charge in [0, 0.05) is 6.54 Å². The van der Waals surface area contributed by atoms with Crippen LogP contribution in [0, 0.1) is 19.8 Å². The van der Waals surface area contributed by atoms with Crippen molar-refractivity contribution in [1.82, 2.24) is 4.90 Å². The maximum Gasteiger partial charge on any atom is 0.416 e. The van der Waals surface area contributed by atoms with Crippen LogP contribution in [0.1, 0.15) is 65.7 Å². The highest BCUT2D eigenvalue weighted by Crippen LogP contribution is 2.36. The van der Waals surface area contributed by atoms with Gasteiger partial charge in [-0.2, -0.15) is 13.2 Å². The number of carbonyl (C=O) groups excluding carboxylic acids is 1. The summed E-state index contributed by atoms with van der Waals surface area (Å²) in [5.41, 5.74) is 3.22. The number of carboxylic acid groups (broad SMARTS) is 1. The van der Waals surface area contributed by atoms with E-state index in [-0.39, 0.29) is 19.1 Å². The van der Waals surface area contributed by atoms with Crippen molar-refractivity contribution in [3.63, 3.8) is 0 Å². The van der Waals surface area contributed by atoms with Gasteiger partial charge in [-0.1, -0.05) is 51.5 Å². The van der Waals surface area contributed by atoms with Gasteiger partial charge >= 0.3 is 12.1 Å². The van der Waals surface area contributed by atoms with Crippen molar-refractivity contribution in [2.75, 3.05) is 11.6 Å². The Kier molecular flexibility index (Phi) is 8.16. The summed E-state index contributed by atoms with van der Waals surface area (Å²) >= 11 is 0. The Hall–Kier alpha value is -3.29. The third-order valence-corrected chi connectivity index (χ3v) is 7.12. The van der Waals surface area contributed by atoms with E-state index in [1.165, 1.54) is 17.0 Å². The molecule has 194 valence electrons. The number of halogens is 3. The highest BCUT2D eigenvalue weighted by Gasteiger charge is 2.39. The van der Waals surface area contributed by atoms with Crippen LogP contribution in [0.25, 0.3) is 0 Å². The first-order chi connectivity index (χ1) is 16.9. The molecule has 1 aliphatic rings. The molecule has 1 heterocycles. The van der Waals surface area contributed by atoms with Gasteiger partial charge in [0.25, 0.3) is 5.91 Å². The average molecular weight is 503 g/mol. The largest absolute Gasteiger partial charge is 0.479 e. The molecule has 1 aliphatic heterocycles. The van der Waals surface area contributed by atoms with Crippen LogP contribution in [0.15, 0.2) is 48.6 Å². The topological polar surface area (TPSA) is 60.9 Å². The number of aryl methyl sites for hydroxylation is 1. The first-order valence-corrected chi connectivity index (χ1v) is 12.1. The molecule has 8 heteroatoms. The molecule has 2 aromatic carbocycles. The van der Waals surface area contributed by atoms with Crippen molar-refractivity contribution in [1.29, 1.82) is 0 Å². The zero-order valence-electron chi connectivity index (χ0n) is 21.2. The van der Waals surface area contributed by atoms with E-state index in [0.717, 1.165) is 36.1 Å². The highest BCUT2D eigenvalue weighted by molar-refractivity contribution is 6.04. The van der Waals surface area contributed by atoms with Crippen molar-refractivity contribution in [3.05, 3.63) is 76.4 Å². The minimum Gasteiger partial charge on any atom is -0.479 e. The lowest BCUT2D eigenvalue weighted by Gasteiger charge is -2.42. The third kappa shape index (κ3) is 5.58. The van der Waals surface area contributed by atoms with Gasteiger partial charge in [0.05, 0.1) is 23.5 Å². The number of carbonyl (C=O) groups is 2. The molecule has 1 amide bonds. The maximum atomic E-state index is 13.6. The van der Waals surface area contributed by atoms with Crippen LogP contribution >= 0.6 is 0 Å². The Bertz CT molecular complexity index is 1140. The number of rotatable bonds is 9. The molecule has 36 heavy (non-hydrogen) atoms. The summed E-state index contributed by atoms with van der Waals surface area (Å²) in [5.74, 6) is -1.28. The summed E-state index contributed by atoms with van der Waals surface area (Å²) in [4.78, 5) is 29.1. The molecule has 3 rings (SSSR count). The Morgan fingerprint density at radius 2 is 1.69 bits per heavy atom. The van der Waals surface area contributed by atoms with E-state index in [4.69, 9.17) is 0 Å². The number of hydrogen-bond acceptors (Lipinski definition) is 3. The van der Waals surface area contributed by atoms with E-state index in [2.05, 4.69) is 6.58 Å². The number of amides is 1. The lowest BCUT2D eigenvalue weighted by molar-refractivity contribution is -0.141. The minimum absolute atomic E-state index is 0.0178. The molecule has 0 saturated carbocycles. The quantitative estimate of drug-likeness (QED) is 0.394. The van der Waals surface area contributed by atoms with E-state index in [1.807, 2.05) is 38.7 Å². The Morgan fingerprint density at radius 3 is 2.22 bits per heavy atom. The Balaban J connectivity index is 2.02. The second-order valence-electron chi connectivity index (χ2n) is 9.50. The molecule has 0 spiro atoms. The van der Waals surface area contributed by atoms with Crippen molar-refractivity contribution < 1.29 is 27.9 Å². The molecule has 0 fully saturated rings. The van der Waals surface area contributed by atoms with Crippen molar-refractivity contribution in [2.24, 2.45) is 5.92 Å². The molecular weight excluding hydrogens is 469 g/mol. The van der Waals surface area contributed by atoms with Crippen molar-refractivity contribution in [3.8, 4) is 0 Å². The summed E-state index contributed by atoms with van der Waals surface area (Å²) < 4.78 is 39.1. The van der Waals surface area contributed by atoms with E-state index in [9.17, 15) is 27.9 Å². The van der Waals surface area contributed by atoms with Gasteiger partial charge in [-0.15, -0.1) is 0 Å². The Morgan fingerprint density at radius 1 is 1.08 bits per heavy atom. The van der Waals surface area contributed by atoms with Crippen molar-refractivity contribution >= 4 is 17.6 Å². The van der Waals surface area contributed by atoms with E-state index in [1.54, 1.807) is 6.07 Å². The van der Waals surface area contributed by atoms with Crippen molar-refractivity contribution in [2.45, 2.75) is 65.7 Å². The van der Waals surface area contributed by atoms with E-state index >= 15 is 0 Å². The van der Waals surface area contributed by atoms with Gasteiger partial charge in [-0.25, -0.2) is 4.79 Å². The molecule has 2 aromatic rings. The SMILES string of the molecule is C=C(CC(CC)CC)[C@@H](C(=O)O)N1CN(Cc2ccc(C(F)(F)F)cc2)c2c(ccc(C)c2C)C1=O. The molecule has 0 aromatic heterocycles. The second-order valence-corrected chi connectivity index (χ2v) is 9.50. The number of benzene rings is 2. The molecule has 0 bridgehead atoms. The summed E-state index contributed by atoms with van der Waals surface area (Å²) in [6.07, 6.45) is -2.20. The molecule has 1 atom stereocenters. The van der Waals surface area contributed by atoms with Crippen LogP contribution in [0.2, 0.25) is 0 Å². The predicted molar refractivity (Wildman–Crippen MR) is 134 cm³/mol. The van der Waals surface area contributed by atoms with Crippen LogP contribution in [-0.4, -0.2) is 34.6 Å². The normalized spacial score (nSPS) is 14.7. The highest BCUT2D eigenvalue weighted by atomic mass is 19.4. The molecule has 1 N–H and O–H groups in total. The number of alkyl halides is 3. The first kappa shape index (κ1) is 27.3. The number of anilines is 1. The van der Waals surface area contributed by atoms with Crippen LogP contribution in [0.3, 0.4) is 0 Å². The summed E-state index contributed by atoms with van der Waals surface area (Å²) in [7, 11) is 0. The summed E-state index contributed by atoms with van der Waals surface area (Å²) in [6.45, 7) is 12.1. The van der Waals surface area contributed by atoms with E-state index < -0.39 is 29.7 Å². The number of aliphatic carboxylic acids is 1. The fraction of sp³-hybridized carbons (Fsp3) is 0.429. The molecule has 0 saturated heterocycles. The Labute approximate surface area is 210 Å². The molecule has 0 radical (unpaired) electrons. The molecular formula is C28H33F3N2O3. The van der Waals surface area contributed by atoms with Crippen LogP contribution < -0.4 is 4.90 Å². The van der Waals surface area contributed by atoms with Gasteiger partial charge in [0.2, 0.25) is 0 Å². The fourth-order valence-corrected chi connectivity index (χ4v) is 4.79. The lowest BCUT2D eigenvalue weighted by atomic mass is 9.90. The molecule has 0 aliphatic carbocycles. The third-order valence-electron chi connectivity index (χ3n) is 7.12. The molecule has 0 unspecified atom stereocenters. The zero-order valence-corrected chi connectivity index (χ0v) is 21.2. The van der Waals surface area contributed by atoms with Gasteiger partial charge in [-0.05, 0) is 66.6 Å². The first-order valence-electron chi connectivity index (χ1n) is 12.1. The number of carboxylic acids is 1. The molecule has 5 nitrogen and oxygen atoms in total. The van der Waals surface area contributed by atoms with Crippen LogP contribution in [0.5, 0.6) is 0 Å². The van der Waals surface area contributed by atoms with E-state index in [0.29, 0.717) is 28.8 Å². The smallest absolute Gasteiger partial charge is 0.416 e. The summed E-state index contributed by atoms with van der Waals surface area (Å²) in [6, 6.07) is 7.19. The van der Waals surface area contributed by atoms with Gasteiger partial charge in [-0.3, -0.25) is 4.79 Å². The standard InChI is InChI=1S/C28H33F3N2O3/c1-6-20(7-2)14-18(4)24(27(35)36)33-16-32(15-21-9-11-22(12-10-21)28(29,30)31)25-19(5)17(3)8-13-23(25)26(33)34/h8-13,20,24H,4,6-7,14-16H2,1-3,5H3,(H,35,36)/t24-/m0/s1. The van der Waals surface area contributed by atoms with Gasteiger partial charge in [0.1, 0.15) is 0 Å². The van der Waals surface area contributed by atoms with Crippen LogP contribution in [-0.2, 0) is 17.5 Å². The lowest BCUT2D eigenvalue weighted by Crippen LogP contribution is -2.54. The number of hydrogen-bond donors (Lipinski definition) is 1. The maximum absolute atomic E-state index is 13.6. The number of fused-ring (bicyclic) bond motifs is 1. The summed E-state index contributed by atoms with van der Waals surface area (Å²) in [5, 5.41) is 10.1. The zero-order chi connectivity index (χ0) is 26.8. The minimum atomic E-state index is -4.43. The van der Waals surface area contributed by atoms with Gasteiger partial charge < -0.3 is 14.9 Å². The monoisotopic (exact) mass is 502 g/mol. The number of nitrogens with zero attached hydrogens (tertiary/aromatic N) is 2. The van der Waals surface area contributed by atoms with Gasteiger partial charge in [0.15, 0.2) is 6.04 Å². The predicted octanol–water partition coefficient (Wildman–Crippen LogP) is 6.58.